The van der Waals surface area contributed by atoms with Crippen LogP contribution in [0, 0.1) is 5.82 Å². The molecule has 0 heterocycles. The Morgan fingerprint density at radius 2 is 2.11 bits per heavy atom. The van der Waals surface area contributed by atoms with Gasteiger partial charge in [-0.15, -0.1) is 0 Å². The minimum Gasteiger partial charge on any atom is -0.492 e. The zero-order chi connectivity index (χ0) is 13.2. The van der Waals surface area contributed by atoms with Crippen molar-refractivity contribution >= 4 is 6.29 Å². The third-order valence-corrected chi connectivity index (χ3v) is 3.50. The lowest BCUT2D eigenvalue weighted by atomic mass is 9.78. The number of carbonyl (C=O) groups is 1. The van der Waals surface area contributed by atoms with Gasteiger partial charge in [0.25, 0.3) is 0 Å². The number of hydrogen-bond acceptors (Lipinski definition) is 2. The van der Waals surface area contributed by atoms with E-state index in [0.29, 0.717) is 24.6 Å². The topological polar surface area (TPSA) is 26.3 Å². The van der Waals surface area contributed by atoms with Crippen LogP contribution in [-0.2, 0) is 6.42 Å². The van der Waals surface area contributed by atoms with Crippen molar-refractivity contribution in [2.75, 3.05) is 6.61 Å². The van der Waals surface area contributed by atoms with E-state index in [1.165, 1.54) is 29.3 Å². The van der Waals surface area contributed by atoms with Crippen molar-refractivity contribution in [2.24, 2.45) is 0 Å². The van der Waals surface area contributed by atoms with E-state index in [1.54, 1.807) is 0 Å². The minimum absolute atomic E-state index is 0.257. The summed E-state index contributed by atoms with van der Waals surface area (Å²) in [4.78, 5) is 10.9. The number of fused-ring (bicyclic) bond motifs is 1. The average Bonchev–Trinajstić information content (AvgIpc) is 2.41. The fourth-order valence-electron chi connectivity index (χ4n) is 2.44. The monoisotopic (exact) mass is 256 g/mol. The molecule has 19 heavy (non-hydrogen) atoms. The summed E-state index contributed by atoms with van der Waals surface area (Å²) in [5.74, 6) is 0.380. The highest BCUT2D eigenvalue weighted by Crippen LogP contribution is 2.35. The molecule has 2 aromatic rings. The molecular formula is C16H13FO2. The highest BCUT2D eigenvalue weighted by molar-refractivity contribution is 5.79. The van der Waals surface area contributed by atoms with Gasteiger partial charge < -0.3 is 4.74 Å². The molecule has 1 aliphatic carbocycles. The Balaban J connectivity index is 1.70. The van der Waals surface area contributed by atoms with Crippen molar-refractivity contribution in [3.05, 3.63) is 65.0 Å². The molecule has 0 aromatic heterocycles. The Morgan fingerprint density at radius 1 is 1.26 bits per heavy atom. The molecule has 0 saturated heterocycles. The number of aldehydes is 1. The lowest BCUT2D eigenvalue weighted by Gasteiger charge is -2.30. The molecule has 2 nitrogen and oxygen atoms in total. The maximum atomic E-state index is 13.0. The van der Waals surface area contributed by atoms with Crippen LogP contribution < -0.4 is 4.74 Å². The average molecular weight is 256 g/mol. The van der Waals surface area contributed by atoms with Gasteiger partial charge in [-0.25, -0.2) is 4.39 Å². The van der Waals surface area contributed by atoms with Crippen LogP contribution in [0.5, 0.6) is 5.75 Å². The van der Waals surface area contributed by atoms with Crippen LogP contribution in [0.2, 0.25) is 0 Å². The summed E-state index contributed by atoms with van der Waals surface area (Å²) in [5, 5.41) is 0. The summed E-state index contributed by atoms with van der Waals surface area (Å²) in [6.45, 7) is 0.517. The Kier molecular flexibility index (Phi) is 3.03. The molecule has 0 radical (unpaired) electrons. The minimum atomic E-state index is -0.427. The van der Waals surface area contributed by atoms with Crippen molar-refractivity contribution in [3.63, 3.8) is 0 Å². The summed E-state index contributed by atoms with van der Waals surface area (Å²) in [6, 6.07) is 12.2. The van der Waals surface area contributed by atoms with E-state index in [4.69, 9.17) is 4.74 Å². The van der Waals surface area contributed by atoms with Crippen LogP contribution in [0.15, 0.2) is 42.5 Å². The summed E-state index contributed by atoms with van der Waals surface area (Å²) < 4.78 is 18.6. The van der Waals surface area contributed by atoms with Gasteiger partial charge in [-0.3, -0.25) is 4.79 Å². The molecule has 1 aliphatic rings. The van der Waals surface area contributed by atoms with Crippen LogP contribution in [0.1, 0.15) is 27.4 Å². The number of benzene rings is 2. The van der Waals surface area contributed by atoms with E-state index in [1.807, 2.05) is 12.1 Å². The number of halogens is 1. The summed E-state index contributed by atoms with van der Waals surface area (Å²) in [5.41, 5.74) is 2.91. The predicted molar refractivity (Wildman–Crippen MR) is 70.2 cm³/mol. The van der Waals surface area contributed by atoms with Crippen LogP contribution in [-0.4, -0.2) is 12.9 Å². The second-order valence-corrected chi connectivity index (χ2v) is 4.71. The number of carbonyl (C=O) groups excluding carboxylic acids is 1. The van der Waals surface area contributed by atoms with E-state index >= 15 is 0 Å². The van der Waals surface area contributed by atoms with E-state index < -0.39 is 5.82 Å². The Bertz CT molecular complexity index is 622. The van der Waals surface area contributed by atoms with Gasteiger partial charge in [0, 0.05) is 5.92 Å². The Morgan fingerprint density at radius 3 is 2.89 bits per heavy atom. The lowest BCUT2D eigenvalue weighted by molar-refractivity contribution is 0.111. The quantitative estimate of drug-likeness (QED) is 0.784. The Labute approximate surface area is 110 Å². The van der Waals surface area contributed by atoms with Gasteiger partial charge in [0.1, 0.15) is 11.6 Å². The first-order valence-corrected chi connectivity index (χ1v) is 6.23. The van der Waals surface area contributed by atoms with E-state index in [-0.39, 0.29) is 5.56 Å². The number of hydrogen-bond donors (Lipinski definition) is 0. The first-order valence-electron chi connectivity index (χ1n) is 6.23. The van der Waals surface area contributed by atoms with Crippen LogP contribution in [0.4, 0.5) is 4.39 Å². The number of ether oxygens (including phenoxy) is 1. The molecule has 0 aliphatic heterocycles. The third-order valence-electron chi connectivity index (χ3n) is 3.50. The zero-order valence-electron chi connectivity index (χ0n) is 10.3. The second-order valence-electron chi connectivity index (χ2n) is 4.71. The molecule has 0 amide bonds. The van der Waals surface area contributed by atoms with E-state index in [9.17, 15) is 9.18 Å². The molecule has 0 saturated carbocycles. The van der Waals surface area contributed by atoms with Crippen LogP contribution >= 0.6 is 0 Å². The molecular weight excluding hydrogens is 243 g/mol. The maximum Gasteiger partial charge on any atom is 0.153 e. The SMILES string of the molecule is O=Cc1cc(F)ccc1OCC1Cc2ccccc21. The summed E-state index contributed by atoms with van der Waals surface area (Å²) in [6.07, 6.45) is 1.61. The lowest BCUT2D eigenvalue weighted by Crippen LogP contribution is -2.23. The van der Waals surface area contributed by atoms with Crippen molar-refractivity contribution in [2.45, 2.75) is 12.3 Å². The first kappa shape index (κ1) is 11.9. The van der Waals surface area contributed by atoms with Crippen molar-refractivity contribution < 1.29 is 13.9 Å². The Hall–Kier alpha value is -2.16. The summed E-state index contributed by atoms with van der Waals surface area (Å²) >= 11 is 0. The van der Waals surface area contributed by atoms with E-state index in [2.05, 4.69) is 12.1 Å². The van der Waals surface area contributed by atoms with Crippen LogP contribution in [0.25, 0.3) is 0 Å². The normalized spacial score (nSPS) is 16.4. The zero-order valence-corrected chi connectivity index (χ0v) is 10.3. The highest BCUT2D eigenvalue weighted by Gasteiger charge is 2.26. The molecule has 0 spiro atoms. The molecule has 1 atom stereocenters. The molecule has 0 bridgehead atoms. The molecule has 2 aromatic carbocycles. The molecule has 3 heteroatoms. The largest absolute Gasteiger partial charge is 0.492 e. The molecule has 1 unspecified atom stereocenters. The highest BCUT2D eigenvalue weighted by atomic mass is 19.1. The third kappa shape index (κ3) is 2.24. The molecule has 3 rings (SSSR count). The molecule has 0 fully saturated rings. The van der Waals surface area contributed by atoms with Gasteiger partial charge in [-0.1, -0.05) is 24.3 Å². The first-order chi connectivity index (χ1) is 9.28. The van der Waals surface area contributed by atoms with Crippen LogP contribution in [0.3, 0.4) is 0 Å². The van der Waals surface area contributed by atoms with Gasteiger partial charge in [0.15, 0.2) is 6.29 Å². The molecule has 0 N–H and O–H groups in total. The fourth-order valence-corrected chi connectivity index (χ4v) is 2.44. The maximum absolute atomic E-state index is 13.0. The molecule has 96 valence electrons. The van der Waals surface area contributed by atoms with Crippen molar-refractivity contribution in [3.8, 4) is 5.75 Å². The van der Waals surface area contributed by atoms with Gasteiger partial charge in [-0.2, -0.15) is 0 Å². The van der Waals surface area contributed by atoms with Gasteiger partial charge in [0.2, 0.25) is 0 Å². The summed E-state index contributed by atoms with van der Waals surface area (Å²) in [7, 11) is 0. The smallest absolute Gasteiger partial charge is 0.153 e. The predicted octanol–water partition coefficient (Wildman–Crippen LogP) is 3.36. The fraction of sp³-hybridized carbons (Fsp3) is 0.188. The second kappa shape index (κ2) is 4.84. The van der Waals surface area contributed by atoms with Gasteiger partial charge in [0.05, 0.1) is 12.2 Å². The van der Waals surface area contributed by atoms with Gasteiger partial charge >= 0.3 is 0 Å². The number of rotatable bonds is 4. The van der Waals surface area contributed by atoms with Gasteiger partial charge in [-0.05, 0) is 35.7 Å². The standard InChI is InChI=1S/C16H13FO2/c17-14-5-6-16(12(8-14)9-18)19-10-13-7-11-3-1-2-4-15(11)13/h1-6,8-9,13H,7,10H2. The van der Waals surface area contributed by atoms with Crippen molar-refractivity contribution in [1.82, 2.24) is 0 Å². The van der Waals surface area contributed by atoms with Crippen molar-refractivity contribution in [1.29, 1.82) is 0 Å². The van der Waals surface area contributed by atoms with E-state index in [0.717, 1.165) is 6.42 Å².